The van der Waals surface area contributed by atoms with E-state index in [4.69, 9.17) is 23.2 Å². The van der Waals surface area contributed by atoms with Gasteiger partial charge in [0.25, 0.3) is 0 Å². The maximum absolute atomic E-state index is 13.4. The second-order valence-electron chi connectivity index (χ2n) is 7.12. The highest BCUT2D eigenvalue weighted by molar-refractivity contribution is 7.93. The first-order valence-corrected chi connectivity index (χ1v) is 11.6. The van der Waals surface area contributed by atoms with Gasteiger partial charge in [-0.15, -0.1) is 23.2 Å². The first-order valence-electron chi connectivity index (χ1n) is 9.11. The Morgan fingerprint density at radius 3 is 2.07 bits per heavy atom. The number of anilines is 2. The van der Waals surface area contributed by atoms with Crippen LogP contribution >= 0.6 is 23.2 Å². The van der Waals surface area contributed by atoms with Gasteiger partial charge in [0, 0.05) is 37.6 Å². The van der Waals surface area contributed by atoms with Crippen molar-refractivity contribution in [3.8, 4) is 0 Å². The van der Waals surface area contributed by atoms with Gasteiger partial charge in [0.05, 0.1) is 12.7 Å². The summed E-state index contributed by atoms with van der Waals surface area (Å²) in [4.78, 5) is 16.2. The van der Waals surface area contributed by atoms with Crippen molar-refractivity contribution in [2.24, 2.45) is 7.05 Å². The number of sulfonamides is 1. The maximum atomic E-state index is 13.4. The predicted molar refractivity (Wildman–Crippen MR) is 120 cm³/mol. The van der Waals surface area contributed by atoms with Crippen molar-refractivity contribution in [3.63, 3.8) is 0 Å². The van der Waals surface area contributed by atoms with Crippen LogP contribution in [0.25, 0.3) is 0 Å². The Morgan fingerprint density at radius 1 is 1.13 bits per heavy atom. The number of hydrogen-bond donors (Lipinski definition) is 0. The molecule has 2 aromatic rings. The molecule has 0 spiro atoms. The van der Waals surface area contributed by atoms with Gasteiger partial charge in [0.2, 0.25) is 10.0 Å². The summed E-state index contributed by atoms with van der Waals surface area (Å²) in [5.41, 5.74) is 1.56. The molecule has 166 valence electrons. The van der Waals surface area contributed by atoms with Crippen LogP contribution < -0.4 is 9.21 Å². The lowest BCUT2D eigenvalue weighted by Gasteiger charge is -2.30. The van der Waals surface area contributed by atoms with Gasteiger partial charge < -0.3 is 15.0 Å². The average molecular weight is 478 g/mol. The topological polar surface area (TPSA) is 102 Å². The fourth-order valence-corrected chi connectivity index (χ4v) is 5.14. The van der Waals surface area contributed by atoms with E-state index in [1.54, 1.807) is 12.1 Å². The highest BCUT2D eigenvalue weighted by Crippen LogP contribution is 2.35. The van der Waals surface area contributed by atoms with Crippen LogP contribution in [0.5, 0.6) is 0 Å². The van der Waals surface area contributed by atoms with Crippen LogP contribution in [-0.4, -0.2) is 54.8 Å². The molecule has 12 heteroatoms. The van der Waals surface area contributed by atoms with E-state index in [2.05, 4.69) is 4.98 Å². The van der Waals surface area contributed by atoms with E-state index in [1.165, 1.54) is 43.0 Å². The van der Waals surface area contributed by atoms with Crippen molar-refractivity contribution >= 4 is 50.5 Å². The summed E-state index contributed by atoms with van der Waals surface area (Å²) >= 11 is 11.7. The fraction of sp³-hybridized carbons (Fsp3) is 0.500. The molecule has 0 aliphatic rings. The molecule has 9 nitrogen and oxygen atoms in total. The van der Waals surface area contributed by atoms with Crippen LogP contribution in [0.2, 0.25) is 0 Å². The summed E-state index contributed by atoms with van der Waals surface area (Å²) < 4.78 is 27.7. The minimum Gasteiger partial charge on any atom is -0.390 e. The molecule has 0 N–H and O–H groups in total. The Bertz CT molecular complexity index is 987. The molecule has 0 amide bonds. The SMILES string of the molecule is CN(c1ccc(N(CCCl)CCCl)cc1)S(=O)(=O)C(C)(C)c1cnc([N+](=O)[O-])n1C. The van der Waals surface area contributed by atoms with Crippen molar-refractivity contribution in [3.05, 3.63) is 46.3 Å². The second kappa shape index (κ2) is 9.40. The number of nitrogens with zero attached hydrogens (tertiary/aromatic N) is 5. The van der Waals surface area contributed by atoms with Crippen molar-refractivity contribution in [1.82, 2.24) is 9.55 Å². The van der Waals surface area contributed by atoms with E-state index in [1.807, 2.05) is 17.0 Å². The normalized spacial score (nSPS) is 12.1. The quantitative estimate of drug-likeness (QED) is 0.295. The van der Waals surface area contributed by atoms with Gasteiger partial charge in [-0.25, -0.2) is 13.0 Å². The van der Waals surface area contributed by atoms with E-state index >= 15 is 0 Å². The molecule has 0 aliphatic heterocycles. The number of hydrogen-bond acceptors (Lipinski definition) is 6. The number of benzene rings is 1. The lowest BCUT2D eigenvalue weighted by Crippen LogP contribution is -2.42. The molecule has 0 fully saturated rings. The zero-order chi connectivity index (χ0) is 22.7. The van der Waals surface area contributed by atoms with Crippen LogP contribution in [0, 0.1) is 10.1 Å². The molecule has 1 aromatic carbocycles. The smallest absolute Gasteiger partial charge is 0.390 e. The minimum atomic E-state index is -3.94. The molecule has 0 bridgehead atoms. The minimum absolute atomic E-state index is 0.216. The highest BCUT2D eigenvalue weighted by atomic mass is 35.5. The second-order valence-corrected chi connectivity index (χ2v) is 10.4. The van der Waals surface area contributed by atoms with Crippen LogP contribution in [0.4, 0.5) is 17.3 Å². The van der Waals surface area contributed by atoms with E-state index in [9.17, 15) is 18.5 Å². The molecular weight excluding hydrogens is 453 g/mol. The molecule has 0 saturated carbocycles. The largest absolute Gasteiger partial charge is 0.434 e. The molecular formula is C18H25Cl2N5O4S. The number of halogens is 2. The summed E-state index contributed by atoms with van der Waals surface area (Å²) in [5, 5.41) is 11.1. The molecule has 30 heavy (non-hydrogen) atoms. The third-order valence-corrected chi connectivity index (χ3v) is 7.81. The Balaban J connectivity index is 2.36. The van der Waals surface area contributed by atoms with Crippen LogP contribution in [0.3, 0.4) is 0 Å². The average Bonchev–Trinajstić information content (AvgIpc) is 3.09. The van der Waals surface area contributed by atoms with Crippen LogP contribution in [0.1, 0.15) is 19.5 Å². The molecule has 2 rings (SSSR count). The van der Waals surface area contributed by atoms with Gasteiger partial charge in [0.1, 0.15) is 16.6 Å². The summed E-state index contributed by atoms with van der Waals surface area (Å²) in [5.74, 6) is 0.467. The van der Waals surface area contributed by atoms with Gasteiger partial charge in [-0.1, -0.05) is 4.98 Å². The zero-order valence-electron chi connectivity index (χ0n) is 17.2. The maximum Gasteiger partial charge on any atom is 0.434 e. The zero-order valence-corrected chi connectivity index (χ0v) is 19.6. The number of imidazole rings is 1. The van der Waals surface area contributed by atoms with Gasteiger partial charge in [-0.2, -0.15) is 0 Å². The van der Waals surface area contributed by atoms with Crippen molar-refractivity contribution in [2.75, 3.05) is 41.1 Å². The van der Waals surface area contributed by atoms with E-state index in [0.717, 1.165) is 5.69 Å². The molecule has 0 unspecified atom stereocenters. The van der Waals surface area contributed by atoms with E-state index < -0.39 is 25.6 Å². The number of aromatic nitrogens is 2. The fourth-order valence-electron chi connectivity index (χ4n) is 3.19. The Labute approximate surface area is 186 Å². The van der Waals surface area contributed by atoms with Gasteiger partial charge in [-0.3, -0.25) is 4.31 Å². The Hall–Kier alpha value is -2.04. The Kier molecular flexibility index (Phi) is 7.59. The lowest BCUT2D eigenvalue weighted by molar-refractivity contribution is -0.396. The molecule has 0 atom stereocenters. The van der Waals surface area contributed by atoms with E-state index in [0.29, 0.717) is 30.5 Å². The third kappa shape index (κ3) is 4.50. The molecule has 1 aromatic heterocycles. The van der Waals surface area contributed by atoms with E-state index in [-0.39, 0.29) is 5.69 Å². The van der Waals surface area contributed by atoms with Crippen LogP contribution in [-0.2, 0) is 21.8 Å². The first-order chi connectivity index (χ1) is 14.0. The lowest BCUT2D eigenvalue weighted by atomic mass is 10.1. The van der Waals surface area contributed by atoms with Crippen molar-refractivity contribution < 1.29 is 13.3 Å². The summed E-state index contributed by atoms with van der Waals surface area (Å²) in [6.45, 7) is 4.23. The number of rotatable bonds is 10. The highest BCUT2D eigenvalue weighted by Gasteiger charge is 2.45. The molecule has 0 radical (unpaired) electrons. The summed E-state index contributed by atoms with van der Waals surface area (Å²) in [7, 11) is -1.06. The Morgan fingerprint density at radius 2 is 1.63 bits per heavy atom. The summed E-state index contributed by atoms with van der Waals surface area (Å²) in [6, 6.07) is 7.01. The molecule has 0 saturated heterocycles. The third-order valence-electron chi connectivity index (χ3n) is 5.04. The summed E-state index contributed by atoms with van der Waals surface area (Å²) in [6.07, 6.45) is 1.23. The molecule has 1 heterocycles. The van der Waals surface area contributed by atoms with Crippen molar-refractivity contribution in [2.45, 2.75) is 18.6 Å². The van der Waals surface area contributed by atoms with Gasteiger partial charge in [-0.05, 0) is 43.0 Å². The number of nitro groups is 1. The van der Waals surface area contributed by atoms with Crippen molar-refractivity contribution in [1.29, 1.82) is 0 Å². The standard InChI is InChI=1S/C18H25Cl2N5O4S/c1-18(2,16-13-21-17(22(16)3)25(26)27)30(28,29)23(4)14-5-7-15(8-6-14)24(11-9-19)12-10-20/h5-8,13H,9-12H2,1-4H3. The number of alkyl halides is 2. The van der Waals surface area contributed by atoms with Gasteiger partial charge in [0.15, 0.2) is 0 Å². The predicted octanol–water partition coefficient (Wildman–Crippen LogP) is 3.31. The van der Waals surface area contributed by atoms with Crippen LogP contribution in [0.15, 0.2) is 30.5 Å². The first kappa shape index (κ1) is 24.2. The monoisotopic (exact) mass is 477 g/mol. The molecule has 0 aliphatic carbocycles. The van der Waals surface area contributed by atoms with Gasteiger partial charge >= 0.3 is 5.95 Å².